The highest BCUT2D eigenvalue weighted by atomic mass is 32.2. The lowest BCUT2D eigenvalue weighted by atomic mass is 9.97. The van der Waals surface area contributed by atoms with E-state index in [9.17, 15) is 21.6 Å². The molecule has 0 aliphatic carbocycles. The first kappa shape index (κ1) is 24.9. The molecule has 0 spiro atoms. The molecule has 2 atom stereocenters. The minimum absolute atomic E-state index is 0.0341. The van der Waals surface area contributed by atoms with E-state index in [0.29, 0.717) is 11.3 Å². The fourth-order valence-electron chi connectivity index (χ4n) is 3.67. The lowest BCUT2D eigenvalue weighted by Crippen LogP contribution is -2.49. The Labute approximate surface area is 178 Å². The summed E-state index contributed by atoms with van der Waals surface area (Å²) in [6, 6.07) is 6.93. The van der Waals surface area contributed by atoms with Crippen LogP contribution in [0.3, 0.4) is 0 Å². The molecule has 0 bridgehead atoms. The van der Waals surface area contributed by atoms with Crippen LogP contribution in [0.1, 0.15) is 33.1 Å². The Kier molecular flexibility index (Phi) is 8.99. The van der Waals surface area contributed by atoms with Crippen molar-refractivity contribution in [3.63, 3.8) is 0 Å². The predicted octanol–water partition coefficient (Wildman–Crippen LogP) is 3.99. The van der Waals surface area contributed by atoms with Crippen LogP contribution >= 0.6 is 0 Å². The minimum Gasteiger partial charge on any atom is -0.369 e. The summed E-state index contributed by atoms with van der Waals surface area (Å²) in [6.45, 7) is 8.24. The van der Waals surface area contributed by atoms with Crippen LogP contribution in [-0.4, -0.2) is 71.2 Å². The molecule has 0 radical (unpaired) electrons. The Bertz CT molecular complexity index is 755. The van der Waals surface area contributed by atoms with Gasteiger partial charge in [-0.2, -0.15) is 13.2 Å². The van der Waals surface area contributed by atoms with Gasteiger partial charge in [0.15, 0.2) is 15.9 Å². The molecule has 0 amide bonds. The number of anilines is 1. The molecule has 30 heavy (non-hydrogen) atoms. The molecule has 1 aromatic rings. The number of hydrogen-bond acceptors (Lipinski definition) is 5. The van der Waals surface area contributed by atoms with E-state index in [1.54, 1.807) is 18.2 Å². The van der Waals surface area contributed by atoms with Crippen LogP contribution in [0.15, 0.2) is 29.2 Å². The third-order valence-corrected chi connectivity index (χ3v) is 6.35. The molecule has 2 heterocycles. The summed E-state index contributed by atoms with van der Waals surface area (Å²) in [5, 5.41) is 0. The Balaban J connectivity index is 0.00000101. The minimum atomic E-state index is -4.27. The summed E-state index contributed by atoms with van der Waals surface area (Å²) in [4.78, 5) is 4.70. The highest BCUT2D eigenvalue weighted by Gasteiger charge is 2.43. The van der Waals surface area contributed by atoms with E-state index >= 15 is 0 Å². The van der Waals surface area contributed by atoms with Gasteiger partial charge in [0.25, 0.3) is 0 Å². The van der Waals surface area contributed by atoms with Gasteiger partial charge in [0, 0.05) is 44.7 Å². The third-order valence-electron chi connectivity index (χ3n) is 5.23. The number of nitrogens with zero attached hydrogens (tertiary/aromatic N) is 2. The number of halogens is 3. The highest BCUT2D eigenvalue weighted by molar-refractivity contribution is 7.90. The van der Waals surface area contributed by atoms with Crippen molar-refractivity contribution in [2.24, 2.45) is 5.92 Å². The summed E-state index contributed by atoms with van der Waals surface area (Å²) in [5.74, 6) is 0.128. The fourth-order valence-corrected chi connectivity index (χ4v) is 4.33. The number of rotatable bonds is 4. The molecule has 2 saturated heterocycles. The number of ether oxygens (including phenoxy) is 1. The zero-order valence-corrected chi connectivity index (χ0v) is 18.8. The molecule has 0 saturated carbocycles. The van der Waals surface area contributed by atoms with Crippen molar-refractivity contribution in [3.05, 3.63) is 24.3 Å². The smallest absolute Gasteiger partial charge is 0.369 e. The molecule has 0 N–H and O–H groups in total. The van der Waals surface area contributed by atoms with Crippen LogP contribution in [0.2, 0.25) is 0 Å². The van der Waals surface area contributed by atoms with Crippen molar-refractivity contribution in [2.45, 2.75) is 50.3 Å². The van der Waals surface area contributed by atoms with Crippen molar-refractivity contribution in [3.8, 4) is 0 Å². The normalized spacial score (nSPS) is 23.6. The van der Waals surface area contributed by atoms with Gasteiger partial charge in [-0.15, -0.1) is 0 Å². The van der Waals surface area contributed by atoms with Gasteiger partial charge in [-0.3, -0.25) is 4.90 Å². The van der Waals surface area contributed by atoms with Crippen LogP contribution < -0.4 is 4.90 Å². The van der Waals surface area contributed by atoms with Crippen LogP contribution in [0, 0.1) is 5.92 Å². The Morgan fingerprint density at radius 2 is 1.73 bits per heavy atom. The van der Waals surface area contributed by atoms with Crippen molar-refractivity contribution in [1.82, 2.24) is 4.90 Å². The topological polar surface area (TPSA) is 49.9 Å². The maximum Gasteiger partial charge on any atom is 0.414 e. The molecule has 0 aromatic heterocycles. The second-order valence-corrected chi connectivity index (χ2v) is 10.1. The maximum absolute atomic E-state index is 12.7. The molecular weight excluding hydrogens is 417 g/mol. The molecule has 9 heteroatoms. The van der Waals surface area contributed by atoms with Gasteiger partial charge in [-0.25, -0.2) is 8.42 Å². The van der Waals surface area contributed by atoms with Gasteiger partial charge in [-0.1, -0.05) is 26.3 Å². The number of benzene rings is 1. The SMILES string of the molecule is CCC.CS(=O)(=O)c1cccc(N2CCN(CC3CCC(C(F)(F)F)OC3)CC2)c1. The van der Waals surface area contributed by atoms with Crippen molar-refractivity contribution in [1.29, 1.82) is 0 Å². The summed E-state index contributed by atoms with van der Waals surface area (Å²) in [5.41, 5.74) is 0.881. The first-order valence-corrected chi connectivity index (χ1v) is 12.4. The molecule has 2 unspecified atom stereocenters. The maximum atomic E-state index is 12.7. The average Bonchev–Trinajstić information content (AvgIpc) is 2.68. The quantitative estimate of drug-likeness (QED) is 0.694. The molecule has 3 rings (SSSR count). The van der Waals surface area contributed by atoms with Crippen LogP contribution in [0.4, 0.5) is 18.9 Å². The monoisotopic (exact) mass is 450 g/mol. The molecule has 2 aliphatic rings. The van der Waals surface area contributed by atoms with Crippen molar-refractivity contribution < 1.29 is 26.3 Å². The van der Waals surface area contributed by atoms with Crippen LogP contribution in [0.5, 0.6) is 0 Å². The highest BCUT2D eigenvalue weighted by Crippen LogP contribution is 2.32. The van der Waals surface area contributed by atoms with E-state index in [2.05, 4.69) is 23.6 Å². The first-order valence-electron chi connectivity index (χ1n) is 10.5. The molecule has 5 nitrogen and oxygen atoms in total. The lowest BCUT2D eigenvalue weighted by Gasteiger charge is -2.39. The van der Waals surface area contributed by atoms with Crippen LogP contribution in [-0.2, 0) is 14.6 Å². The summed E-state index contributed by atoms with van der Waals surface area (Å²) in [6.07, 6.45) is -2.88. The molecule has 2 aliphatic heterocycles. The Morgan fingerprint density at radius 3 is 2.23 bits per heavy atom. The van der Waals surface area contributed by atoms with Gasteiger partial charge < -0.3 is 9.64 Å². The number of hydrogen-bond donors (Lipinski definition) is 0. The Hall–Kier alpha value is -1.32. The fraction of sp³-hybridized carbons (Fsp3) is 0.714. The van der Waals surface area contributed by atoms with E-state index in [1.807, 2.05) is 6.07 Å². The zero-order chi connectivity index (χ0) is 22.4. The van der Waals surface area contributed by atoms with Gasteiger partial charge in [-0.05, 0) is 37.0 Å². The first-order chi connectivity index (χ1) is 14.0. The number of piperazine rings is 1. The van der Waals surface area contributed by atoms with Crippen molar-refractivity contribution in [2.75, 3.05) is 50.5 Å². The predicted molar refractivity (Wildman–Crippen MR) is 113 cm³/mol. The van der Waals surface area contributed by atoms with Crippen LogP contribution in [0.25, 0.3) is 0 Å². The second kappa shape index (κ2) is 10.8. The van der Waals surface area contributed by atoms with Crippen molar-refractivity contribution >= 4 is 15.5 Å². The largest absolute Gasteiger partial charge is 0.414 e. The Morgan fingerprint density at radius 1 is 1.10 bits per heavy atom. The molecule has 2 fully saturated rings. The van der Waals surface area contributed by atoms with E-state index in [-0.39, 0.29) is 18.9 Å². The standard InChI is InChI=1S/C18H25F3N2O3S.C3H8/c1-27(24,25)16-4-2-3-15(11-16)23-9-7-22(8-10-23)12-14-5-6-17(26-13-14)18(19,20)21;1-3-2/h2-4,11,14,17H,5-10,12-13H2,1H3;3H2,1-2H3. The number of sulfone groups is 1. The van der Waals surface area contributed by atoms with E-state index in [1.165, 1.54) is 12.7 Å². The van der Waals surface area contributed by atoms with Gasteiger partial charge in [0.2, 0.25) is 0 Å². The number of alkyl halides is 3. The average molecular weight is 451 g/mol. The molecular formula is C21H33F3N2O3S. The summed E-state index contributed by atoms with van der Waals surface area (Å²) < 4.78 is 66.4. The lowest BCUT2D eigenvalue weighted by molar-refractivity contribution is -0.236. The van der Waals surface area contributed by atoms with E-state index in [0.717, 1.165) is 38.4 Å². The summed E-state index contributed by atoms with van der Waals surface area (Å²) in [7, 11) is -3.24. The van der Waals surface area contributed by atoms with Gasteiger partial charge >= 0.3 is 6.18 Å². The molecule has 1 aromatic carbocycles. The third kappa shape index (κ3) is 7.42. The van der Waals surface area contributed by atoms with Gasteiger partial charge in [0.05, 0.1) is 11.5 Å². The second-order valence-electron chi connectivity index (χ2n) is 8.07. The van der Waals surface area contributed by atoms with E-state index in [4.69, 9.17) is 4.74 Å². The van der Waals surface area contributed by atoms with Gasteiger partial charge in [0.1, 0.15) is 0 Å². The van der Waals surface area contributed by atoms with E-state index < -0.39 is 22.1 Å². The molecule has 172 valence electrons. The zero-order valence-electron chi connectivity index (χ0n) is 18.0. The summed E-state index contributed by atoms with van der Waals surface area (Å²) >= 11 is 0.